The first-order valence-electron chi connectivity index (χ1n) is 2.24. The Morgan fingerprint density at radius 2 is 1.20 bits per heavy atom. The fourth-order valence-electron chi connectivity index (χ4n) is 0.258. The summed E-state index contributed by atoms with van der Waals surface area (Å²) in [6.45, 7) is 0. The Bertz CT molecular complexity index is 139. The summed E-state index contributed by atoms with van der Waals surface area (Å²) in [7, 11) is 0. The van der Waals surface area contributed by atoms with Crippen LogP contribution in [0.25, 0.3) is 0 Å². The third-order valence-electron chi connectivity index (χ3n) is 0.782. The second kappa shape index (κ2) is 3.72. The number of carbonyl (C=O) groups excluding carboxylic acids is 2. The van der Waals surface area contributed by atoms with Gasteiger partial charge in [-0.05, 0) is 0 Å². The van der Waals surface area contributed by atoms with Crippen molar-refractivity contribution in [2.45, 2.75) is 10.5 Å². The zero-order chi connectivity index (χ0) is 8.31. The number of carboxylic acids is 2. The van der Waals surface area contributed by atoms with Crippen LogP contribution in [0.4, 0.5) is 0 Å². The molecule has 0 saturated heterocycles. The topological polar surface area (TPSA) is 80.3 Å². The van der Waals surface area contributed by atoms with Crippen LogP contribution in [0.5, 0.6) is 0 Å². The van der Waals surface area contributed by atoms with Gasteiger partial charge >= 0.3 is 0 Å². The quantitative estimate of drug-likeness (QED) is 0.456. The van der Waals surface area contributed by atoms with Crippen molar-refractivity contribution in [3.8, 4) is 0 Å². The number of carbonyl (C=O) groups is 2. The molecule has 0 heterocycles. The van der Waals surface area contributed by atoms with Gasteiger partial charge in [0.1, 0.15) is 0 Å². The SMILES string of the molecule is O=C([O-])[C@@H](S)[C@H](S)C(=O)[O-]. The van der Waals surface area contributed by atoms with Crippen molar-refractivity contribution in [3.63, 3.8) is 0 Å². The zero-order valence-electron chi connectivity index (χ0n) is 4.68. The van der Waals surface area contributed by atoms with E-state index in [2.05, 4.69) is 25.3 Å². The average molecular weight is 180 g/mol. The first-order chi connectivity index (χ1) is 4.46. The third-order valence-corrected chi connectivity index (χ3v) is 2.04. The number of carboxylic acid groups (broad SMARTS) is 2. The summed E-state index contributed by atoms with van der Waals surface area (Å²) in [5.41, 5.74) is 0. The normalized spacial score (nSPS) is 15.8. The largest absolute Gasteiger partial charge is 0.549 e. The first-order valence-corrected chi connectivity index (χ1v) is 3.28. The van der Waals surface area contributed by atoms with Gasteiger partial charge in [-0.3, -0.25) is 0 Å². The van der Waals surface area contributed by atoms with Gasteiger partial charge in [0, 0.05) is 0 Å². The highest BCUT2D eigenvalue weighted by Crippen LogP contribution is 2.06. The molecule has 0 fully saturated rings. The number of thiol groups is 2. The van der Waals surface area contributed by atoms with E-state index in [1.165, 1.54) is 0 Å². The van der Waals surface area contributed by atoms with Crippen molar-refractivity contribution in [2.24, 2.45) is 0 Å². The van der Waals surface area contributed by atoms with Crippen molar-refractivity contribution in [1.82, 2.24) is 0 Å². The van der Waals surface area contributed by atoms with E-state index in [9.17, 15) is 19.8 Å². The van der Waals surface area contributed by atoms with E-state index in [1.54, 1.807) is 0 Å². The monoisotopic (exact) mass is 180 g/mol. The predicted octanol–water partition coefficient (Wildman–Crippen LogP) is -2.92. The molecule has 0 aromatic heterocycles. The van der Waals surface area contributed by atoms with Crippen LogP contribution in [0.3, 0.4) is 0 Å². The molecule has 0 spiro atoms. The molecular weight excluding hydrogens is 176 g/mol. The maximum atomic E-state index is 9.92. The third kappa shape index (κ3) is 2.49. The summed E-state index contributed by atoms with van der Waals surface area (Å²) in [5.74, 6) is -3.15. The highest BCUT2D eigenvalue weighted by atomic mass is 32.1. The molecule has 0 aliphatic carbocycles. The van der Waals surface area contributed by atoms with E-state index < -0.39 is 22.4 Å². The van der Waals surface area contributed by atoms with E-state index in [0.29, 0.717) is 0 Å². The highest BCUT2D eigenvalue weighted by molar-refractivity contribution is 7.86. The standard InChI is InChI=1S/C4H6O4S2/c5-3(6)1(9)2(10)4(7)8/h1-2,9-10H,(H,5,6)(H,7,8)/p-2/t1-,2-/m0/s1. The molecule has 58 valence electrons. The Labute approximate surface area is 68.1 Å². The van der Waals surface area contributed by atoms with Gasteiger partial charge in [0.05, 0.1) is 22.4 Å². The molecule has 0 aromatic carbocycles. The number of aliphatic carboxylic acids is 2. The molecule has 0 saturated carbocycles. The molecule has 0 bridgehead atoms. The van der Waals surface area contributed by atoms with Crippen LogP contribution < -0.4 is 10.2 Å². The van der Waals surface area contributed by atoms with Crippen LogP contribution in [-0.2, 0) is 9.59 Å². The lowest BCUT2D eigenvalue weighted by Crippen LogP contribution is -2.46. The van der Waals surface area contributed by atoms with Crippen molar-refractivity contribution in [3.05, 3.63) is 0 Å². The Morgan fingerprint density at radius 3 is 1.30 bits per heavy atom. The van der Waals surface area contributed by atoms with Gasteiger partial charge in [0.2, 0.25) is 0 Å². The molecule has 4 nitrogen and oxygen atoms in total. The Balaban J connectivity index is 4.07. The summed E-state index contributed by atoms with van der Waals surface area (Å²) in [4.78, 5) is 19.8. The summed E-state index contributed by atoms with van der Waals surface area (Å²) in [5, 5.41) is 17.0. The smallest absolute Gasteiger partial charge is 0.0582 e. The van der Waals surface area contributed by atoms with Gasteiger partial charge in [-0.1, -0.05) is 0 Å². The second-order valence-electron chi connectivity index (χ2n) is 1.53. The molecule has 0 aromatic rings. The molecule has 6 heteroatoms. The minimum Gasteiger partial charge on any atom is -0.549 e. The van der Waals surface area contributed by atoms with Crippen molar-refractivity contribution < 1.29 is 19.8 Å². The summed E-state index contributed by atoms with van der Waals surface area (Å²) < 4.78 is 0. The van der Waals surface area contributed by atoms with Crippen LogP contribution in [-0.4, -0.2) is 22.4 Å². The predicted molar refractivity (Wildman–Crippen MR) is 35.6 cm³/mol. The minimum absolute atomic E-state index is 1.44. The summed E-state index contributed by atoms with van der Waals surface area (Å²) in [6.07, 6.45) is 0. The van der Waals surface area contributed by atoms with Gasteiger partial charge in [0.25, 0.3) is 0 Å². The first kappa shape index (κ1) is 9.64. The van der Waals surface area contributed by atoms with Gasteiger partial charge in [0.15, 0.2) is 0 Å². The molecule has 2 atom stereocenters. The molecule has 0 amide bonds. The zero-order valence-corrected chi connectivity index (χ0v) is 6.47. The van der Waals surface area contributed by atoms with Gasteiger partial charge in [-0.2, -0.15) is 25.3 Å². The van der Waals surface area contributed by atoms with Crippen molar-refractivity contribution >= 4 is 37.2 Å². The number of hydrogen-bond acceptors (Lipinski definition) is 6. The van der Waals surface area contributed by atoms with Crippen LogP contribution in [0.15, 0.2) is 0 Å². The van der Waals surface area contributed by atoms with Gasteiger partial charge < -0.3 is 19.8 Å². The van der Waals surface area contributed by atoms with E-state index in [-0.39, 0.29) is 0 Å². The molecule has 0 aliphatic rings. The molecule has 0 N–H and O–H groups in total. The van der Waals surface area contributed by atoms with Gasteiger partial charge in [-0.15, -0.1) is 0 Å². The minimum atomic E-state index is -1.58. The van der Waals surface area contributed by atoms with Crippen molar-refractivity contribution in [2.75, 3.05) is 0 Å². The van der Waals surface area contributed by atoms with Crippen molar-refractivity contribution in [1.29, 1.82) is 0 Å². The Hall–Kier alpha value is -0.360. The summed E-state index contributed by atoms with van der Waals surface area (Å²) in [6, 6.07) is 0. The molecule has 0 radical (unpaired) electrons. The lowest BCUT2D eigenvalue weighted by Gasteiger charge is -2.19. The molecule has 0 unspecified atom stereocenters. The number of rotatable bonds is 3. The van der Waals surface area contributed by atoms with Crippen LogP contribution in [0, 0.1) is 0 Å². The second-order valence-corrected chi connectivity index (χ2v) is 2.64. The Morgan fingerprint density at radius 1 is 1.00 bits per heavy atom. The fourth-order valence-corrected chi connectivity index (χ4v) is 0.501. The van der Waals surface area contributed by atoms with Gasteiger partial charge in [-0.25, -0.2) is 0 Å². The van der Waals surface area contributed by atoms with E-state index >= 15 is 0 Å². The summed E-state index contributed by atoms with van der Waals surface area (Å²) >= 11 is 6.80. The average Bonchev–Trinajstić information content (AvgIpc) is 1.84. The van der Waals surface area contributed by atoms with Crippen LogP contribution in [0.1, 0.15) is 0 Å². The fraction of sp³-hybridized carbons (Fsp3) is 0.500. The lowest BCUT2D eigenvalue weighted by atomic mass is 10.3. The van der Waals surface area contributed by atoms with Crippen LogP contribution in [0.2, 0.25) is 0 Å². The molecule has 10 heavy (non-hydrogen) atoms. The Kier molecular flexibility index (Phi) is 3.59. The maximum Gasteiger partial charge on any atom is 0.0582 e. The molecular formula is C4H4O4S2-2. The molecule has 0 aliphatic heterocycles. The molecule has 0 rings (SSSR count). The highest BCUT2D eigenvalue weighted by Gasteiger charge is 2.15. The van der Waals surface area contributed by atoms with Crippen LogP contribution >= 0.6 is 25.3 Å². The lowest BCUT2D eigenvalue weighted by molar-refractivity contribution is -0.313. The van der Waals surface area contributed by atoms with E-state index in [4.69, 9.17) is 0 Å². The van der Waals surface area contributed by atoms with E-state index in [1.807, 2.05) is 0 Å². The number of hydrogen-bond donors (Lipinski definition) is 2. The van der Waals surface area contributed by atoms with E-state index in [0.717, 1.165) is 0 Å². The maximum absolute atomic E-state index is 9.92.